The molecule has 1 aromatic heterocycles. The van der Waals surface area contributed by atoms with Gasteiger partial charge in [-0.05, 0) is 38.3 Å². The van der Waals surface area contributed by atoms with Crippen LogP contribution in [0.3, 0.4) is 0 Å². The molecule has 1 unspecified atom stereocenters. The molecule has 0 amide bonds. The molecule has 0 bridgehead atoms. The van der Waals surface area contributed by atoms with Crippen LogP contribution in [-0.2, 0) is 4.74 Å². The summed E-state index contributed by atoms with van der Waals surface area (Å²) >= 11 is 0. The second-order valence-corrected chi connectivity index (χ2v) is 5.20. The van der Waals surface area contributed by atoms with E-state index in [4.69, 9.17) is 4.74 Å². The number of aryl methyl sites for hydroxylation is 2. The van der Waals surface area contributed by atoms with Gasteiger partial charge in [0.15, 0.2) is 0 Å². The second kappa shape index (κ2) is 5.91. The lowest BCUT2D eigenvalue weighted by atomic mass is 9.91. The van der Waals surface area contributed by atoms with Crippen molar-refractivity contribution in [3.05, 3.63) is 29.3 Å². The minimum atomic E-state index is -4.47. The highest BCUT2D eigenvalue weighted by atomic mass is 19.4. The Morgan fingerprint density at radius 1 is 1.48 bits per heavy atom. The summed E-state index contributed by atoms with van der Waals surface area (Å²) in [5, 5.41) is 3.94. The van der Waals surface area contributed by atoms with Crippen LogP contribution in [0.15, 0.2) is 17.9 Å². The summed E-state index contributed by atoms with van der Waals surface area (Å²) in [5.41, 5.74) is 1.26. The molecule has 0 fully saturated rings. The molecule has 0 aromatic carbocycles. The van der Waals surface area contributed by atoms with Gasteiger partial charge in [-0.3, -0.25) is 4.79 Å². The van der Waals surface area contributed by atoms with Crippen LogP contribution in [0.5, 0.6) is 0 Å². The van der Waals surface area contributed by atoms with Gasteiger partial charge in [-0.2, -0.15) is 18.3 Å². The molecule has 1 aromatic rings. The third kappa shape index (κ3) is 3.65. The molecule has 0 aliphatic carbocycles. The predicted octanol–water partition coefficient (Wildman–Crippen LogP) is 3.40. The lowest BCUT2D eigenvalue weighted by Gasteiger charge is -2.24. The molecule has 0 N–H and O–H groups in total. The number of ether oxygens (including phenoxy) is 1. The van der Waals surface area contributed by atoms with E-state index in [9.17, 15) is 18.0 Å². The fourth-order valence-electron chi connectivity index (χ4n) is 2.44. The monoisotopic (exact) mass is 302 g/mol. The Hall–Kier alpha value is -1.79. The summed E-state index contributed by atoms with van der Waals surface area (Å²) in [4.78, 5) is 12.1. The second-order valence-electron chi connectivity index (χ2n) is 5.20. The Kier molecular flexibility index (Phi) is 4.39. The average molecular weight is 302 g/mol. The Bertz CT molecular complexity index is 561. The van der Waals surface area contributed by atoms with Gasteiger partial charge in [0.25, 0.3) is 0 Å². The van der Waals surface area contributed by atoms with Crippen LogP contribution in [0.1, 0.15) is 35.4 Å². The number of rotatable bonds is 3. The summed E-state index contributed by atoms with van der Waals surface area (Å²) in [6.07, 6.45) is -3.14. The maximum atomic E-state index is 13.2. The Morgan fingerprint density at radius 3 is 2.67 bits per heavy atom. The molecule has 2 heterocycles. The summed E-state index contributed by atoms with van der Waals surface area (Å²) in [6, 6.07) is 1.66. The van der Waals surface area contributed by atoms with E-state index in [1.54, 1.807) is 19.9 Å². The van der Waals surface area contributed by atoms with Crippen LogP contribution in [0.2, 0.25) is 0 Å². The van der Waals surface area contributed by atoms with Crippen molar-refractivity contribution in [3.63, 3.8) is 0 Å². The van der Waals surface area contributed by atoms with Crippen LogP contribution in [0, 0.1) is 19.8 Å². The molecule has 7 heteroatoms. The van der Waals surface area contributed by atoms with E-state index in [0.717, 1.165) is 10.9 Å². The molecule has 4 nitrogen and oxygen atoms in total. The number of halogens is 3. The third-order valence-electron chi connectivity index (χ3n) is 3.43. The lowest BCUT2D eigenvalue weighted by Crippen LogP contribution is -2.31. The van der Waals surface area contributed by atoms with Crippen LogP contribution >= 0.6 is 0 Å². The highest BCUT2D eigenvalue weighted by Gasteiger charge is 2.44. The molecule has 0 saturated carbocycles. The molecule has 0 spiro atoms. The normalized spacial score (nSPS) is 17.1. The molecule has 1 aliphatic rings. The molecule has 116 valence electrons. The van der Waals surface area contributed by atoms with E-state index < -0.39 is 24.4 Å². The van der Waals surface area contributed by atoms with Crippen LogP contribution in [0.25, 0.3) is 0 Å². The van der Waals surface area contributed by atoms with Gasteiger partial charge in [-0.1, -0.05) is 0 Å². The topological polar surface area (TPSA) is 44.1 Å². The molecule has 2 rings (SSSR count). The standard InChI is InChI=1S/C14H17F3N2O2/c1-9-6-10(2)19(18-9)13(20)7-12(14(15,16)17)11-4-3-5-21-8-11/h6,8,12H,3-5,7H2,1-2H3. The number of aromatic nitrogens is 2. The minimum absolute atomic E-state index is 0.128. The maximum absolute atomic E-state index is 13.2. The quantitative estimate of drug-likeness (QED) is 0.859. The predicted molar refractivity (Wildman–Crippen MR) is 69.8 cm³/mol. The van der Waals surface area contributed by atoms with Crippen molar-refractivity contribution in [1.29, 1.82) is 0 Å². The number of allylic oxidation sites excluding steroid dienone is 1. The summed E-state index contributed by atoms with van der Waals surface area (Å²) in [6.45, 7) is 3.75. The van der Waals surface area contributed by atoms with E-state index in [0.29, 0.717) is 30.8 Å². The lowest BCUT2D eigenvalue weighted by molar-refractivity contribution is -0.165. The van der Waals surface area contributed by atoms with Gasteiger partial charge in [-0.25, -0.2) is 4.68 Å². The zero-order chi connectivity index (χ0) is 15.6. The number of alkyl halides is 3. The van der Waals surface area contributed by atoms with Crippen molar-refractivity contribution in [2.24, 2.45) is 5.92 Å². The maximum Gasteiger partial charge on any atom is 0.396 e. The Morgan fingerprint density at radius 2 is 2.19 bits per heavy atom. The fourth-order valence-corrected chi connectivity index (χ4v) is 2.44. The zero-order valence-corrected chi connectivity index (χ0v) is 11.9. The van der Waals surface area contributed by atoms with Crippen molar-refractivity contribution in [1.82, 2.24) is 9.78 Å². The van der Waals surface area contributed by atoms with E-state index in [-0.39, 0.29) is 5.57 Å². The smallest absolute Gasteiger partial charge is 0.396 e. The Balaban J connectivity index is 2.21. The summed E-state index contributed by atoms with van der Waals surface area (Å²) in [5.74, 6) is -2.47. The molecular formula is C14H17F3N2O2. The molecule has 1 atom stereocenters. The molecule has 1 aliphatic heterocycles. The van der Waals surface area contributed by atoms with Crippen molar-refractivity contribution < 1.29 is 22.7 Å². The van der Waals surface area contributed by atoms with E-state index >= 15 is 0 Å². The molecular weight excluding hydrogens is 285 g/mol. The third-order valence-corrected chi connectivity index (χ3v) is 3.43. The first-order valence-electron chi connectivity index (χ1n) is 6.72. The van der Waals surface area contributed by atoms with Gasteiger partial charge in [0, 0.05) is 12.1 Å². The van der Waals surface area contributed by atoms with E-state index in [2.05, 4.69) is 5.10 Å². The Labute approximate surface area is 120 Å². The zero-order valence-electron chi connectivity index (χ0n) is 11.9. The first-order chi connectivity index (χ1) is 9.79. The van der Waals surface area contributed by atoms with Crippen molar-refractivity contribution in [2.75, 3.05) is 6.61 Å². The molecule has 0 saturated heterocycles. The number of nitrogens with zero attached hydrogens (tertiary/aromatic N) is 2. The van der Waals surface area contributed by atoms with Crippen molar-refractivity contribution >= 4 is 5.91 Å². The van der Waals surface area contributed by atoms with Crippen molar-refractivity contribution in [2.45, 2.75) is 39.3 Å². The van der Waals surface area contributed by atoms with Gasteiger partial charge in [0.1, 0.15) is 0 Å². The summed E-state index contributed by atoms with van der Waals surface area (Å²) in [7, 11) is 0. The van der Waals surface area contributed by atoms with Gasteiger partial charge in [-0.15, -0.1) is 0 Å². The van der Waals surface area contributed by atoms with Gasteiger partial charge >= 0.3 is 6.18 Å². The average Bonchev–Trinajstić information content (AvgIpc) is 2.74. The van der Waals surface area contributed by atoms with Gasteiger partial charge < -0.3 is 4.74 Å². The summed E-state index contributed by atoms with van der Waals surface area (Å²) < 4.78 is 45.6. The van der Waals surface area contributed by atoms with E-state index in [1.165, 1.54) is 0 Å². The highest BCUT2D eigenvalue weighted by Crippen LogP contribution is 2.37. The molecule has 0 radical (unpaired) electrons. The number of hydrogen-bond donors (Lipinski definition) is 0. The number of hydrogen-bond acceptors (Lipinski definition) is 3. The van der Waals surface area contributed by atoms with Gasteiger partial charge in [0.05, 0.1) is 24.5 Å². The van der Waals surface area contributed by atoms with Crippen molar-refractivity contribution in [3.8, 4) is 0 Å². The van der Waals surface area contributed by atoms with Crippen LogP contribution in [0.4, 0.5) is 13.2 Å². The van der Waals surface area contributed by atoms with Crippen LogP contribution < -0.4 is 0 Å². The van der Waals surface area contributed by atoms with Crippen LogP contribution in [-0.4, -0.2) is 28.5 Å². The van der Waals surface area contributed by atoms with Gasteiger partial charge in [0.2, 0.25) is 5.91 Å². The number of carbonyl (C=O) groups excluding carboxylic acids is 1. The SMILES string of the molecule is Cc1cc(C)n(C(=O)CC(C2=COCCC2)C(F)(F)F)n1. The first kappa shape index (κ1) is 15.6. The fraction of sp³-hybridized carbons (Fsp3) is 0.571. The first-order valence-corrected chi connectivity index (χ1v) is 6.72. The van der Waals surface area contributed by atoms with E-state index in [1.807, 2.05) is 0 Å². The minimum Gasteiger partial charge on any atom is -0.501 e. The largest absolute Gasteiger partial charge is 0.501 e. The number of carbonyl (C=O) groups is 1. The molecule has 21 heavy (non-hydrogen) atoms. The highest BCUT2D eigenvalue weighted by molar-refractivity contribution is 5.79.